The zero-order chi connectivity index (χ0) is 16.2. The Morgan fingerprint density at radius 2 is 1.76 bits per heavy atom. The number of hydrogen-bond acceptors (Lipinski definition) is 2. The fourth-order valence-electron chi connectivity index (χ4n) is 2.24. The minimum absolute atomic E-state index is 0.118. The first kappa shape index (κ1) is 18.3. The first-order chi connectivity index (χ1) is 9.60. The Morgan fingerprint density at radius 1 is 1.14 bits per heavy atom. The van der Waals surface area contributed by atoms with Crippen LogP contribution in [0.3, 0.4) is 0 Å². The van der Waals surface area contributed by atoms with Crippen LogP contribution in [0, 0.1) is 5.92 Å². The van der Waals surface area contributed by atoms with Crippen LogP contribution >= 0.6 is 11.6 Å². The molecule has 0 fully saturated rings. The minimum Gasteiger partial charge on any atom is -0.368 e. The molecule has 1 N–H and O–H groups in total. The first-order valence-corrected chi connectivity index (χ1v) is 8.28. The van der Waals surface area contributed by atoms with Crippen molar-refractivity contribution in [3.8, 4) is 0 Å². The third-order valence-corrected chi connectivity index (χ3v) is 3.63. The maximum Gasteiger partial charge on any atom is 0.0642 e. The van der Waals surface area contributed by atoms with E-state index in [1.807, 2.05) is 0 Å². The molecule has 0 saturated heterocycles. The largest absolute Gasteiger partial charge is 0.368 e. The van der Waals surface area contributed by atoms with Gasteiger partial charge in [0.1, 0.15) is 0 Å². The van der Waals surface area contributed by atoms with Gasteiger partial charge in [0, 0.05) is 24.7 Å². The second-order valence-corrected chi connectivity index (χ2v) is 7.94. The van der Waals surface area contributed by atoms with Gasteiger partial charge in [-0.1, -0.05) is 31.5 Å². The second-order valence-electron chi connectivity index (χ2n) is 7.53. The molecule has 0 unspecified atom stereocenters. The van der Waals surface area contributed by atoms with Crippen molar-refractivity contribution >= 4 is 17.3 Å². The summed E-state index contributed by atoms with van der Waals surface area (Å²) in [5.41, 5.74) is 2.49. The molecule has 2 nitrogen and oxygen atoms in total. The van der Waals surface area contributed by atoms with Gasteiger partial charge in [0.25, 0.3) is 0 Å². The maximum atomic E-state index is 6.53. The molecule has 0 aromatic heterocycles. The van der Waals surface area contributed by atoms with Crippen LogP contribution in [0.1, 0.15) is 54.0 Å². The Hall–Kier alpha value is -0.730. The predicted molar refractivity (Wildman–Crippen MR) is 95.4 cm³/mol. The zero-order valence-electron chi connectivity index (χ0n) is 14.6. The van der Waals surface area contributed by atoms with E-state index < -0.39 is 0 Å². The second kappa shape index (κ2) is 7.51. The third-order valence-electron chi connectivity index (χ3n) is 3.33. The van der Waals surface area contributed by atoms with E-state index in [1.54, 1.807) is 0 Å². The molecule has 3 heteroatoms. The summed E-state index contributed by atoms with van der Waals surface area (Å²) in [6, 6.07) is 6.87. The SMILES string of the molecule is CC(C)CN(c1ccc(CNC(C)(C)C)cc1Cl)C(C)C. The molecule has 0 radical (unpaired) electrons. The van der Waals surface area contributed by atoms with Crippen molar-refractivity contribution in [3.63, 3.8) is 0 Å². The number of nitrogens with one attached hydrogen (secondary N) is 1. The summed E-state index contributed by atoms with van der Waals surface area (Å²) in [7, 11) is 0. The molecule has 0 heterocycles. The molecular formula is C18H31ClN2. The van der Waals surface area contributed by atoms with Crippen LogP contribution in [-0.2, 0) is 6.54 Å². The number of nitrogens with zero attached hydrogens (tertiary/aromatic N) is 1. The summed E-state index contributed by atoms with van der Waals surface area (Å²) in [5.74, 6) is 0.616. The topological polar surface area (TPSA) is 15.3 Å². The minimum atomic E-state index is 0.118. The van der Waals surface area contributed by atoms with Crippen molar-refractivity contribution in [2.45, 2.75) is 66.6 Å². The average Bonchev–Trinajstić information content (AvgIpc) is 2.33. The van der Waals surface area contributed by atoms with Crippen molar-refractivity contribution in [3.05, 3.63) is 28.8 Å². The molecular weight excluding hydrogens is 280 g/mol. The molecule has 0 bridgehead atoms. The van der Waals surface area contributed by atoms with Gasteiger partial charge in [-0.05, 0) is 58.2 Å². The Bertz CT molecular complexity index is 447. The summed E-state index contributed by atoms with van der Waals surface area (Å²) in [6.07, 6.45) is 0. The first-order valence-electron chi connectivity index (χ1n) is 7.90. The van der Waals surface area contributed by atoms with Crippen molar-refractivity contribution in [2.24, 2.45) is 5.92 Å². The van der Waals surface area contributed by atoms with Gasteiger partial charge in [0.2, 0.25) is 0 Å². The lowest BCUT2D eigenvalue weighted by Gasteiger charge is -2.31. The quantitative estimate of drug-likeness (QED) is 0.786. The lowest BCUT2D eigenvalue weighted by molar-refractivity contribution is 0.424. The van der Waals surface area contributed by atoms with Crippen LogP contribution in [0.5, 0.6) is 0 Å². The van der Waals surface area contributed by atoms with E-state index in [-0.39, 0.29) is 5.54 Å². The number of rotatable bonds is 6. The third kappa shape index (κ3) is 6.27. The van der Waals surface area contributed by atoms with Crippen LogP contribution in [0.25, 0.3) is 0 Å². The molecule has 0 saturated carbocycles. The Balaban J connectivity index is 2.90. The number of hydrogen-bond donors (Lipinski definition) is 1. The molecule has 1 aromatic rings. The molecule has 0 spiro atoms. The van der Waals surface area contributed by atoms with Gasteiger partial charge in [-0.15, -0.1) is 0 Å². The van der Waals surface area contributed by atoms with Gasteiger partial charge in [-0.2, -0.15) is 0 Å². The van der Waals surface area contributed by atoms with Crippen LogP contribution in [-0.4, -0.2) is 18.1 Å². The van der Waals surface area contributed by atoms with Crippen molar-refractivity contribution < 1.29 is 0 Å². The van der Waals surface area contributed by atoms with Gasteiger partial charge in [0.05, 0.1) is 10.7 Å². The van der Waals surface area contributed by atoms with Gasteiger partial charge in [0.15, 0.2) is 0 Å². The molecule has 0 aliphatic rings. The van der Waals surface area contributed by atoms with Crippen molar-refractivity contribution in [1.82, 2.24) is 5.32 Å². The number of halogens is 1. The van der Waals surface area contributed by atoms with Crippen LogP contribution < -0.4 is 10.2 Å². The van der Waals surface area contributed by atoms with E-state index in [1.165, 1.54) is 5.56 Å². The maximum absolute atomic E-state index is 6.53. The molecule has 1 aromatic carbocycles. The fraction of sp³-hybridized carbons (Fsp3) is 0.667. The smallest absolute Gasteiger partial charge is 0.0642 e. The summed E-state index contributed by atoms with van der Waals surface area (Å²) >= 11 is 6.53. The predicted octanol–water partition coefficient (Wildman–Crippen LogP) is 5.10. The highest BCUT2D eigenvalue weighted by atomic mass is 35.5. The lowest BCUT2D eigenvalue weighted by Crippen LogP contribution is -2.35. The fourth-order valence-corrected chi connectivity index (χ4v) is 2.55. The van der Waals surface area contributed by atoms with Crippen molar-refractivity contribution in [1.29, 1.82) is 0 Å². The molecule has 0 amide bonds. The normalized spacial score (nSPS) is 12.3. The summed E-state index contributed by atoms with van der Waals surface area (Å²) in [4.78, 5) is 2.38. The Kier molecular flexibility index (Phi) is 6.55. The molecule has 1 rings (SSSR count). The van der Waals surface area contributed by atoms with Gasteiger partial charge in [-0.3, -0.25) is 0 Å². The molecule has 0 aliphatic carbocycles. The van der Waals surface area contributed by atoms with E-state index in [9.17, 15) is 0 Å². The van der Waals surface area contributed by atoms with E-state index >= 15 is 0 Å². The lowest BCUT2D eigenvalue weighted by atomic mass is 10.1. The zero-order valence-corrected chi connectivity index (χ0v) is 15.4. The van der Waals surface area contributed by atoms with Gasteiger partial charge >= 0.3 is 0 Å². The highest BCUT2D eigenvalue weighted by Crippen LogP contribution is 2.29. The van der Waals surface area contributed by atoms with Crippen molar-refractivity contribution in [2.75, 3.05) is 11.4 Å². The van der Waals surface area contributed by atoms with Crippen LogP contribution in [0.15, 0.2) is 18.2 Å². The summed E-state index contributed by atoms with van der Waals surface area (Å²) in [6.45, 7) is 17.3. The van der Waals surface area contributed by atoms with Gasteiger partial charge < -0.3 is 10.2 Å². The molecule has 0 aliphatic heterocycles. The summed E-state index contributed by atoms with van der Waals surface area (Å²) < 4.78 is 0. The number of anilines is 1. The van der Waals surface area contributed by atoms with Crippen LogP contribution in [0.4, 0.5) is 5.69 Å². The van der Waals surface area contributed by atoms with E-state index in [4.69, 9.17) is 11.6 Å². The average molecular weight is 311 g/mol. The molecule has 0 atom stereocenters. The van der Waals surface area contributed by atoms with E-state index in [0.29, 0.717) is 12.0 Å². The standard InChI is InChI=1S/C18H31ClN2/c1-13(2)12-21(14(3)4)17-9-8-15(10-16(17)19)11-20-18(5,6)7/h8-10,13-14,20H,11-12H2,1-7H3. The Morgan fingerprint density at radius 3 is 2.19 bits per heavy atom. The highest BCUT2D eigenvalue weighted by molar-refractivity contribution is 6.33. The molecule has 120 valence electrons. The molecule has 21 heavy (non-hydrogen) atoms. The Labute approximate surface area is 135 Å². The van der Waals surface area contributed by atoms with Crippen LogP contribution in [0.2, 0.25) is 5.02 Å². The summed E-state index contributed by atoms with van der Waals surface area (Å²) in [5, 5.41) is 4.34. The highest BCUT2D eigenvalue weighted by Gasteiger charge is 2.16. The number of benzene rings is 1. The monoisotopic (exact) mass is 310 g/mol. The van der Waals surface area contributed by atoms with E-state index in [2.05, 4.69) is 76.9 Å². The van der Waals surface area contributed by atoms with E-state index in [0.717, 1.165) is 23.8 Å². The van der Waals surface area contributed by atoms with Gasteiger partial charge in [-0.25, -0.2) is 0 Å².